The molecule has 0 aliphatic rings. The van der Waals surface area contributed by atoms with Gasteiger partial charge < -0.3 is 5.32 Å². The largest absolute Gasteiger partial charge is 0.337 e. The topological polar surface area (TPSA) is 126 Å². The molecule has 3 aromatic rings. The maximum atomic E-state index is 12.3. The van der Waals surface area contributed by atoms with E-state index in [1.165, 1.54) is 30.5 Å². The minimum absolute atomic E-state index is 0.0890. The van der Waals surface area contributed by atoms with Crippen LogP contribution in [-0.4, -0.2) is 21.8 Å². The lowest BCUT2D eigenvalue weighted by atomic mass is 10.1. The molecule has 3 N–H and O–H groups in total. The van der Waals surface area contributed by atoms with E-state index in [4.69, 9.17) is 0 Å². The molecular weight excluding hydrogens is 338 g/mol. The Kier molecular flexibility index (Phi) is 4.70. The maximum absolute atomic E-state index is 12.3. The van der Waals surface area contributed by atoms with Crippen molar-refractivity contribution in [1.29, 1.82) is 0 Å². The lowest BCUT2D eigenvalue weighted by molar-refractivity contribution is -0.384. The number of aromatic nitrogens is 1. The molecule has 130 valence electrons. The van der Waals surface area contributed by atoms with Crippen molar-refractivity contribution in [3.63, 3.8) is 0 Å². The number of hydrogen-bond acceptors (Lipinski definition) is 5. The molecule has 9 nitrogen and oxygen atoms in total. The molecule has 0 saturated carbocycles. The number of anilines is 1. The van der Waals surface area contributed by atoms with Crippen LogP contribution < -0.4 is 16.2 Å². The summed E-state index contributed by atoms with van der Waals surface area (Å²) in [5.41, 5.74) is 5.82. The molecule has 2 aromatic carbocycles. The summed E-state index contributed by atoms with van der Waals surface area (Å²) in [6.07, 6.45) is 1.51. The average molecular weight is 351 g/mol. The van der Waals surface area contributed by atoms with E-state index in [2.05, 4.69) is 21.2 Å². The summed E-state index contributed by atoms with van der Waals surface area (Å²) < 4.78 is 0. The predicted molar refractivity (Wildman–Crippen MR) is 94.5 cm³/mol. The number of urea groups is 1. The standard InChI is InChI=1S/C17H13N5O4/c23-16(14-9-10-18-15-4-2-1-3-13(14)15)20-21-17(24)19-11-5-7-12(8-6-11)22(25)26/h1-10H,(H,20,23)(H2,19,21,24). The second kappa shape index (κ2) is 7.26. The number of carbonyl (C=O) groups excluding carboxylic acids is 2. The number of amides is 3. The van der Waals surface area contributed by atoms with E-state index in [1.54, 1.807) is 24.3 Å². The van der Waals surface area contributed by atoms with Gasteiger partial charge in [-0.15, -0.1) is 0 Å². The number of pyridine rings is 1. The zero-order valence-corrected chi connectivity index (χ0v) is 13.3. The fourth-order valence-corrected chi connectivity index (χ4v) is 2.30. The van der Waals surface area contributed by atoms with Gasteiger partial charge >= 0.3 is 6.03 Å². The quantitative estimate of drug-likeness (QED) is 0.494. The van der Waals surface area contributed by atoms with E-state index in [0.29, 0.717) is 22.2 Å². The summed E-state index contributed by atoms with van der Waals surface area (Å²) >= 11 is 0. The van der Waals surface area contributed by atoms with Crippen LogP contribution in [0.5, 0.6) is 0 Å². The van der Waals surface area contributed by atoms with Gasteiger partial charge in [0.15, 0.2) is 0 Å². The van der Waals surface area contributed by atoms with Crippen molar-refractivity contribution in [2.45, 2.75) is 0 Å². The summed E-state index contributed by atoms with van der Waals surface area (Å²) in [7, 11) is 0. The van der Waals surface area contributed by atoms with Crippen molar-refractivity contribution < 1.29 is 14.5 Å². The van der Waals surface area contributed by atoms with Gasteiger partial charge in [-0.2, -0.15) is 0 Å². The molecule has 26 heavy (non-hydrogen) atoms. The fourth-order valence-electron chi connectivity index (χ4n) is 2.30. The molecule has 0 fully saturated rings. The first-order valence-corrected chi connectivity index (χ1v) is 7.50. The highest BCUT2D eigenvalue weighted by molar-refractivity contribution is 6.06. The van der Waals surface area contributed by atoms with Gasteiger partial charge in [0.2, 0.25) is 0 Å². The van der Waals surface area contributed by atoms with Crippen molar-refractivity contribution in [1.82, 2.24) is 15.8 Å². The number of fused-ring (bicyclic) bond motifs is 1. The highest BCUT2D eigenvalue weighted by atomic mass is 16.6. The SMILES string of the molecule is O=C(NNC(=O)c1ccnc2ccccc12)Nc1ccc([N+](=O)[O-])cc1. The average Bonchev–Trinajstić information content (AvgIpc) is 2.66. The van der Waals surface area contributed by atoms with E-state index in [1.807, 2.05) is 6.07 Å². The molecule has 0 radical (unpaired) electrons. The minimum Gasteiger partial charge on any atom is -0.307 e. The Morgan fingerprint density at radius 1 is 0.962 bits per heavy atom. The Hall–Kier alpha value is -4.01. The van der Waals surface area contributed by atoms with Gasteiger partial charge in [0.25, 0.3) is 11.6 Å². The highest BCUT2D eigenvalue weighted by Gasteiger charge is 2.11. The first kappa shape index (κ1) is 16.8. The fraction of sp³-hybridized carbons (Fsp3) is 0. The summed E-state index contributed by atoms with van der Waals surface area (Å²) in [6.45, 7) is 0. The molecule has 9 heteroatoms. The predicted octanol–water partition coefficient (Wildman–Crippen LogP) is 2.61. The number of rotatable bonds is 3. The van der Waals surface area contributed by atoms with E-state index in [9.17, 15) is 19.7 Å². The second-order valence-corrected chi connectivity index (χ2v) is 5.21. The van der Waals surface area contributed by atoms with Crippen LogP contribution in [0.15, 0.2) is 60.8 Å². The third kappa shape index (κ3) is 3.73. The van der Waals surface area contributed by atoms with Crippen LogP contribution in [0.1, 0.15) is 10.4 Å². The Morgan fingerprint density at radius 2 is 1.69 bits per heavy atom. The van der Waals surface area contributed by atoms with Gasteiger partial charge in [-0.3, -0.25) is 25.3 Å². The molecule has 3 rings (SSSR count). The van der Waals surface area contributed by atoms with Crippen LogP contribution in [-0.2, 0) is 0 Å². The summed E-state index contributed by atoms with van der Waals surface area (Å²) in [6, 6.07) is 13.3. The number of nitrogens with zero attached hydrogens (tertiary/aromatic N) is 2. The van der Waals surface area contributed by atoms with Crippen LogP contribution >= 0.6 is 0 Å². The zero-order valence-electron chi connectivity index (χ0n) is 13.3. The molecule has 3 amide bonds. The van der Waals surface area contributed by atoms with Gasteiger partial charge in [-0.25, -0.2) is 10.2 Å². The highest BCUT2D eigenvalue weighted by Crippen LogP contribution is 2.16. The molecule has 0 unspecified atom stereocenters. The molecule has 1 aromatic heterocycles. The van der Waals surface area contributed by atoms with Crippen molar-refractivity contribution in [3.8, 4) is 0 Å². The van der Waals surface area contributed by atoms with Crippen molar-refractivity contribution in [2.24, 2.45) is 0 Å². The van der Waals surface area contributed by atoms with Gasteiger partial charge in [-0.1, -0.05) is 18.2 Å². The van der Waals surface area contributed by atoms with Crippen LogP contribution in [0.4, 0.5) is 16.2 Å². The molecule has 0 bridgehead atoms. The number of nitro groups is 1. The third-order valence-corrected chi connectivity index (χ3v) is 3.52. The van der Waals surface area contributed by atoms with Crippen LogP contribution in [0.3, 0.4) is 0 Å². The number of benzene rings is 2. The second-order valence-electron chi connectivity index (χ2n) is 5.21. The molecule has 0 atom stereocenters. The van der Waals surface area contributed by atoms with E-state index in [-0.39, 0.29) is 5.69 Å². The van der Waals surface area contributed by atoms with E-state index in [0.717, 1.165) is 0 Å². The Labute approximate surface area is 147 Å². The van der Waals surface area contributed by atoms with E-state index >= 15 is 0 Å². The van der Waals surface area contributed by atoms with Crippen LogP contribution in [0, 0.1) is 10.1 Å². The maximum Gasteiger partial charge on any atom is 0.337 e. The van der Waals surface area contributed by atoms with Gasteiger partial charge in [0, 0.05) is 29.4 Å². The number of para-hydroxylation sites is 1. The number of hydrogen-bond donors (Lipinski definition) is 3. The summed E-state index contributed by atoms with van der Waals surface area (Å²) in [5, 5.41) is 13.7. The molecule has 1 heterocycles. The number of non-ortho nitro benzene ring substituents is 1. The molecular formula is C17H13N5O4. The number of nitro benzene ring substituents is 1. The summed E-state index contributed by atoms with van der Waals surface area (Å²) in [5.74, 6) is -0.498. The smallest absolute Gasteiger partial charge is 0.307 e. The molecule has 0 aliphatic heterocycles. The number of hydrazine groups is 1. The number of nitrogens with one attached hydrogen (secondary N) is 3. The molecule has 0 saturated heterocycles. The lowest BCUT2D eigenvalue weighted by Gasteiger charge is -2.10. The molecule has 0 aliphatic carbocycles. The van der Waals surface area contributed by atoms with Gasteiger partial charge in [0.1, 0.15) is 0 Å². The zero-order chi connectivity index (χ0) is 18.5. The normalized spacial score (nSPS) is 10.2. The minimum atomic E-state index is -0.689. The van der Waals surface area contributed by atoms with Crippen molar-refractivity contribution in [3.05, 3.63) is 76.5 Å². The lowest BCUT2D eigenvalue weighted by Crippen LogP contribution is -2.44. The summed E-state index contributed by atoms with van der Waals surface area (Å²) in [4.78, 5) is 38.3. The Morgan fingerprint density at radius 3 is 2.42 bits per heavy atom. The first-order chi connectivity index (χ1) is 12.5. The Balaban J connectivity index is 1.62. The van der Waals surface area contributed by atoms with Crippen LogP contribution in [0.2, 0.25) is 0 Å². The molecule has 0 spiro atoms. The van der Waals surface area contributed by atoms with Gasteiger partial charge in [-0.05, 0) is 24.3 Å². The first-order valence-electron chi connectivity index (χ1n) is 7.50. The van der Waals surface area contributed by atoms with Gasteiger partial charge in [0.05, 0.1) is 16.0 Å². The van der Waals surface area contributed by atoms with Crippen molar-refractivity contribution >= 4 is 34.2 Å². The van der Waals surface area contributed by atoms with E-state index < -0.39 is 16.9 Å². The van der Waals surface area contributed by atoms with Crippen LogP contribution in [0.25, 0.3) is 10.9 Å². The number of carbonyl (C=O) groups is 2. The monoisotopic (exact) mass is 351 g/mol. The Bertz CT molecular complexity index is 983. The van der Waals surface area contributed by atoms with Crippen molar-refractivity contribution in [2.75, 3.05) is 5.32 Å². The third-order valence-electron chi connectivity index (χ3n) is 3.52.